The van der Waals surface area contributed by atoms with E-state index in [9.17, 15) is 9.59 Å². The van der Waals surface area contributed by atoms with E-state index >= 15 is 0 Å². The van der Waals surface area contributed by atoms with Crippen molar-refractivity contribution in [3.05, 3.63) is 71.3 Å². The number of aryl methyl sites for hydroxylation is 1. The lowest BCUT2D eigenvalue weighted by atomic mass is 9.82. The number of hydroxylamine groups is 1. The van der Waals surface area contributed by atoms with Crippen LogP contribution in [0.25, 0.3) is 6.08 Å². The first-order valence-electron chi connectivity index (χ1n) is 10.8. The van der Waals surface area contributed by atoms with Crippen LogP contribution in [0.3, 0.4) is 0 Å². The zero-order valence-corrected chi connectivity index (χ0v) is 18.8. The highest BCUT2D eigenvalue weighted by Crippen LogP contribution is 2.39. The smallest absolute Gasteiger partial charge is 0.267 e. The van der Waals surface area contributed by atoms with Crippen molar-refractivity contribution in [1.82, 2.24) is 10.4 Å². The summed E-state index contributed by atoms with van der Waals surface area (Å²) in [6, 6.07) is 15.9. The van der Waals surface area contributed by atoms with Gasteiger partial charge in [0.05, 0.1) is 12.0 Å². The maximum absolute atomic E-state index is 12.9. The minimum absolute atomic E-state index is 0. The Hall–Kier alpha value is -2.67. The van der Waals surface area contributed by atoms with Crippen LogP contribution in [-0.2, 0) is 11.2 Å². The quantitative estimate of drug-likeness (QED) is 0.389. The number of Topliss-reactive ketones (excluding diaryl/α,β-unsaturated/α-hetero) is 1. The van der Waals surface area contributed by atoms with E-state index in [1.165, 1.54) is 11.6 Å². The van der Waals surface area contributed by atoms with E-state index in [2.05, 4.69) is 29.2 Å². The number of ether oxygens (including phenoxy) is 1. The first kappa shape index (κ1) is 24.0. The molecule has 6 nitrogen and oxygen atoms in total. The maximum Gasteiger partial charge on any atom is 0.267 e. The molecule has 0 unspecified atom stereocenters. The Morgan fingerprint density at radius 1 is 1.16 bits per heavy atom. The average Bonchev–Trinajstić information content (AvgIpc) is 2.80. The second-order valence-electron chi connectivity index (χ2n) is 8.38. The Kier molecular flexibility index (Phi) is 8.07. The SMILES string of the molecule is Cl.O=C(/C=C/c1ccc2c(c1)C(=O)CC1(CCN(CCCc3ccccc3)CC1)O2)NO. The van der Waals surface area contributed by atoms with Crippen molar-refractivity contribution < 1.29 is 19.5 Å². The van der Waals surface area contributed by atoms with Gasteiger partial charge in [-0.15, -0.1) is 12.4 Å². The highest BCUT2D eigenvalue weighted by Gasteiger charge is 2.42. The van der Waals surface area contributed by atoms with Crippen molar-refractivity contribution in [3.8, 4) is 5.75 Å². The zero-order chi connectivity index (χ0) is 21.7. The first-order valence-corrected chi connectivity index (χ1v) is 10.8. The number of fused-ring (bicyclic) bond motifs is 1. The molecule has 0 radical (unpaired) electrons. The van der Waals surface area contributed by atoms with Crippen molar-refractivity contribution in [2.45, 2.75) is 37.7 Å². The predicted molar refractivity (Wildman–Crippen MR) is 125 cm³/mol. The summed E-state index contributed by atoms with van der Waals surface area (Å²) in [5, 5.41) is 8.58. The van der Waals surface area contributed by atoms with Gasteiger partial charge in [0.2, 0.25) is 0 Å². The third kappa shape index (κ3) is 5.76. The maximum atomic E-state index is 12.9. The molecule has 0 aliphatic carbocycles. The van der Waals surface area contributed by atoms with Crippen LogP contribution < -0.4 is 10.2 Å². The number of ketones is 1. The number of carbonyl (C=O) groups is 2. The number of nitrogens with zero attached hydrogens (tertiary/aromatic N) is 1. The van der Waals surface area contributed by atoms with Gasteiger partial charge in [-0.3, -0.25) is 14.8 Å². The molecule has 2 aliphatic heterocycles. The van der Waals surface area contributed by atoms with Crippen LogP contribution in [-0.4, -0.2) is 47.0 Å². The van der Waals surface area contributed by atoms with Crippen molar-refractivity contribution in [2.24, 2.45) is 0 Å². The van der Waals surface area contributed by atoms with Crippen LogP contribution >= 0.6 is 12.4 Å². The van der Waals surface area contributed by atoms with Crippen molar-refractivity contribution in [3.63, 3.8) is 0 Å². The van der Waals surface area contributed by atoms with Gasteiger partial charge in [-0.2, -0.15) is 0 Å². The van der Waals surface area contributed by atoms with Crippen molar-refractivity contribution >= 4 is 30.2 Å². The molecule has 4 rings (SSSR count). The van der Waals surface area contributed by atoms with E-state index < -0.39 is 11.5 Å². The van der Waals surface area contributed by atoms with E-state index in [0.29, 0.717) is 23.3 Å². The van der Waals surface area contributed by atoms with E-state index in [4.69, 9.17) is 9.94 Å². The van der Waals surface area contributed by atoms with Gasteiger partial charge in [-0.25, -0.2) is 5.48 Å². The molecule has 2 aromatic carbocycles. The lowest BCUT2D eigenvalue weighted by Gasteiger charge is -2.44. The van der Waals surface area contributed by atoms with Crippen LogP contribution in [0.1, 0.15) is 47.2 Å². The number of piperidine rings is 1. The molecule has 2 N–H and O–H groups in total. The summed E-state index contributed by atoms with van der Waals surface area (Å²) in [5.74, 6) is 0.0907. The molecule has 7 heteroatoms. The largest absolute Gasteiger partial charge is 0.486 e. The number of rotatable bonds is 6. The molecule has 2 aromatic rings. The predicted octanol–water partition coefficient (Wildman–Crippen LogP) is 4.06. The standard InChI is InChI=1S/C25H28N2O4.ClH/c28-22-18-25(31-23-10-8-20(17-21(22)23)9-11-24(29)26-30)12-15-27(16-13-25)14-4-7-19-5-2-1-3-6-19;/h1-3,5-6,8-11,17,30H,4,7,12-16,18H2,(H,26,29);1H/b11-9+;. The molecule has 1 amide bonds. The molecule has 1 saturated heterocycles. The Morgan fingerprint density at radius 3 is 2.62 bits per heavy atom. The normalized spacial score (nSPS) is 17.5. The number of benzene rings is 2. The molecule has 32 heavy (non-hydrogen) atoms. The fourth-order valence-electron chi connectivity index (χ4n) is 4.44. The Labute approximate surface area is 194 Å². The Morgan fingerprint density at radius 2 is 1.91 bits per heavy atom. The van der Waals surface area contributed by atoms with E-state index in [1.54, 1.807) is 23.7 Å². The minimum Gasteiger partial charge on any atom is -0.486 e. The summed E-state index contributed by atoms with van der Waals surface area (Å²) in [5.41, 5.74) is 3.78. The molecular formula is C25H29ClN2O4. The Bertz CT molecular complexity index is 969. The van der Waals surface area contributed by atoms with Gasteiger partial charge in [-0.05, 0) is 48.7 Å². The average molecular weight is 457 g/mol. The molecule has 0 bridgehead atoms. The monoisotopic (exact) mass is 456 g/mol. The molecule has 170 valence electrons. The van der Waals surface area contributed by atoms with Crippen molar-refractivity contribution in [2.75, 3.05) is 19.6 Å². The van der Waals surface area contributed by atoms with Gasteiger partial charge in [0.25, 0.3) is 5.91 Å². The summed E-state index contributed by atoms with van der Waals surface area (Å²) < 4.78 is 6.36. The van der Waals surface area contributed by atoms with Crippen LogP contribution in [0.5, 0.6) is 5.75 Å². The number of carbonyl (C=O) groups excluding carboxylic acids is 2. The second kappa shape index (κ2) is 10.8. The van der Waals surface area contributed by atoms with E-state index in [-0.39, 0.29) is 18.2 Å². The van der Waals surface area contributed by atoms with Gasteiger partial charge < -0.3 is 9.64 Å². The lowest BCUT2D eigenvalue weighted by molar-refractivity contribution is -0.124. The fraction of sp³-hybridized carbons (Fsp3) is 0.360. The number of halogens is 1. The molecule has 1 fully saturated rings. The summed E-state index contributed by atoms with van der Waals surface area (Å²) in [6.45, 7) is 2.94. The topological polar surface area (TPSA) is 78.9 Å². The Balaban J connectivity index is 0.00000289. The molecule has 0 aromatic heterocycles. The molecule has 2 heterocycles. The third-order valence-corrected chi connectivity index (χ3v) is 6.20. The fourth-order valence-corrected chi connectivity index (χ4v) is 4.44. The summed E-state index contributed by atoms with van der Waals surface area (Å²) in [4.78, 5) is 26.5. The van der Waals surface area contributed by atoms with Crippen LogP contribution in [0, 0.1) is 0 Å². The number of hydrogen-bond acceptors (Lipinski definition) is 5. The van der Waals surface area contributed by atoms with E-state index in [1.807, 2.05) is 12.1 Å². The van der Waals surface area contributed by atoms with Gasteiger partial charge in [-0.1, -0.05) is 36.4 Å². The number of likely N-dealkylation sites (tertiary alicyclic amines) is 1. The van der Waals surface area contributed by atoms with Gasteiger partial charge in [0.15, 0.2) is 5.78 Å². The molecule has 0 saturated carbocycles. The highest BCUT2D eigenvalue weighted by molar-refractivity contribution is 6.01. The van der Waals surface area contributed by atoms with Crippen LogP contribution in [0.4, 0.5) is 0 Å². The van der Waals surface area contributed by atoms with Crippen LogP contribution in [0.2, 0.25) is 0 Å². The molecular weight excluding hydrogens is 428 g/mol. The van der Waals surface area contributed by atoms with Gasteiger partial charge in [0.1, 0.15) is 11.4 Å². The van der Waals surface area contributed by atoms with Crippen LogP contribution in [0.15, 0.2) is 54.6 Å². The first-order chi connectivity index (χ1) is 15.1. The highest BCUT2D eigenvalue weighted by atomic mass is 35.5. The summed E-state index contributed by atoms with van der Waals surface area (Å²) in [6.07, 6.45) is 7.07. The molecule has 1 spiro atoms. The number of nitrogens with one attached hydrogen (secondary N) is 1. The minimum atomic E-state index is -0.616. The van der Waals surface area contributed by atoms with E-state index in [0.717, 1.165) is 45.3 Å². The lowest BCUT2D eigenvalue weighted by Crippen LogP contribution is -2.51. The van der Waals surface area contributed by atoms with Gasteiger partial charge in [0, 0.05) is 32.0 Å². The third-order valence-electron chi connectivity index (χ3n) is 6.20. The summed E-state index contributed by atoms with van der Waals surface area (Å²) >= 11 is 0. The van der Waals surface area contributed by atoms with Crippen molar-refractivity contribution in [1.29, 1.82) is 0 Å². The molecule has 2 aliphatic rings. The molecule has 0 atom stereocenters. The van der Waals surface area contributed by atoms with Gasteiger partial charge >= 0.3 is 0 Å². The number of amides is 1. The zero-order valence-electron chi connectivity index (χ0n) is 18.0. The second-order valence-corrected chi connectivity index (χ2v) is 8.38. The summed E-state index contributed by atoms with van der Waals surface area (Å²) in [7, 11) is 0. The number of hydrogen-bond donors (Lipinski definition) is 2.